The molecular weight excluding hydrogens is 611 g/mol. The van der Waals surface area contributed by atoms with E-state index in [0.717, 1.165) is 46.7 Å². The molecular formula is C36H38F3N3O5. The van der Waals surface area contributed by atoms with E-state index in [1.165, 1.54) is 4.90 Å². The Balaban J connectivity index is 1.22. The number of rotatable bonds is 11. The van der Waals surface area contributed by atoms with Gasteiger partial charge in [0.25, 0.3) is 5.91 Å². The molecule has 0 spiro atoms. The molecule has 2 atom stereocenters. The fourth-order valence-corrected chi connectivity index (χ4v) is 6.41. The van der Waals surface area contributed by atoms with E-state index in [2.05, 4.69) is 5.32 Å². The molecule has 0 unspecified atom stereocenters. The van der Waals surface area contributed by atoms with Crippen molar-refractivity contribution in [2.45, 2.75) is 64.1 Å². The maximum absolute atomic E-state index is 14.5. The summed E-state index contributed by atoms with van der Waals surface area (Å²) in [5, 5.41) is 13.5. The van der Waals surface area contributed by atoms with Gasteiger partial charge >= 0.3 is 6.09 Å². The van der Waals surface area contributed by atoms with Crippen LogP contribution in [0.5, 0.6) is 11.5 Å². The van der Waals surface area contributed by atoms with Gasteiger partial charge in [-0.2, -0.15) is 4.39 Å². The number of carbonyl (C=O) groups is 2. The van der Waals surface area contributed by atoms with Crippen LogP contribution >= 0.6 is 0 Å². The van der Waals surface area contributed by atoms with E-state index in [1.807, 2.05) is 56.3 Å². The molecule has 3 aliphatic rings. The van der Waals surface area contributed by atoms with Crippen LogP contribution in [0, 0.1) is 31.3 Å². The molecule has 47 heavy (non-hydrogen) atoms. The van der Waals surface area contributed by atoms with Crippen molar-refractivity contribution in [3.63, 3.8) is 0 Å². The molecule has 8 nitrogen and oxygen atoms in total. The van der Waals surface area contributed by atoms with Crippen LogP contribution in [0.1, 0.15) is 47.9 Å². The monoisotopic (exact) mass is 649 g/mol. The van der Waals surface area contributed by atoms with Gasteiger partial charge in [0.05, 0.1) is 18.7 Å². The third-order valence-corrected chi connectivity index (χ3v) is 9.25. The second kappa shape index (κ2) is 13.7. The standard InChI is InChI=1S/C36H38F3N3O5/c1-21-5-12-27(16-22(21)2)47-20-41(25-10-11-25)35(43)32-28(17-26-18-40-19-31(32)42(26)36(44)45)24-8-6-23(7-9-24)4-3-15-46-34-30(38)14-13-29(37)33(34)39/h5-9,12-14,16,25-26,31,40H,3-4,10-11,15,17-20H2,1-2H3,(H,44,45)/t26-,31-/m1/s1. The SMILES string of the molecule is Cc1ccc(OCN(C(=O)C2=C(c3ccc(CCCOc4c(F)ccc(F)c4F)cc3)C[C@@H]3CNC[C@H]2N3C(=O)O)C2CC2)cc1C. The quantitative estimate of drug-likeness (QED) is 0.145. The first-order valence-corrected chi connectivity index (χ1v) is 15.9. The molecule has 0 aromatic heterocycles. The topological polar surface area (TPSA) is 91.3 Å². The summed E-state index contributed by atoms with van der Waals surface area (Å²) in [6, 6.07) is 14.1. The Morgan fingerprint density at radius 1 is 0.957 bits per heavy atom. The van der Waals surface area contributed by atoms with Crippen molar-refractivity contribution in [2.75, 3.05) is 26.4 Å². The Bertz CT molecular complexity index is 1690. The summed E-state index contributed by atoms with van der Waals surface area (Å²) in [6.45, 7) is 4.90. The van der Waals surface area contributed by atoms with Gasteiger partial charge in [0.15, 0.2) is 24.1 Å². The van der Waals surface area contributed by atoms with Crippen LogP contribution in [0.15, 0.2) is 60.2 Å². The fraction of sp³-hybridized carbons (Fsp3) is 0.389. The number of aryl methyl sites for hydroxylation is 3. The zero-order valence-corrected chi connectivity index (χ0v) is 26.4. The number of nitrogens with one attached hydrogen (secondary N) is 1. The van der Waals surface area contributed by atoms with E-state index in [1.54, 1.807) is 4.90 Å². The summed E-state index contributed by atoms with van der Waals surface area (Å²) in [5.41, 5.74) is 5.30. The normalized spacial score (nSPS) is 19.0. The van der Waals surface area contributed by atoms with E-state index >= 15 is 0 Å². The first-order chi connectivity index (χ1) is 22.6. The number of amides is 2. The molecule has 2 bridgehead atoms. The minimum absolute atomic E-state index is 0.00847. The Kier molecular flexibility index (Phi) is 9.45. The van der Waals surface area contributed by atoms with Crippen LogP contribution in [-0.4, -0.2) is 71.5 Å². The number of fused-ring (bicyclic) bond motifs is 2. The summed E-state index contributed by atoms with van der Waals surface area (Å²) in [6.07, 6.45) is 2.01. The van der Waals surface area contributed by atoms with Gasteiger partial charge in [0.2, 0.25) is 5.82 Å². The van der Waals surface area contributed by atoms with Crippen molar-refractivity contribution in [1.29, 1.82) is 0 Å². The van der Waals surface area contributed by atoms with Gasteiger partial charge < -0.3 is 24.8 Å². The zero-order chi connectivity index (χ0) is 33.2. The van der Waals surface area contributed by atoms with Gasteiger partial charge in [-0.3, -0.25) is 9.69 Å². The predicted molar refractivity (Wildman–Crippen MR) is 170 cm³/mol. The average molecular weight is 650 g/mol. The van der Waals surface area contributed by atoms with Crippen molar-refractivity contribution in [3.05, 3.63) is 99.9 Å². The van der Waals surface area contributed by atoms with Gasteiger partial charge in [-0.05, 0) is 98.0 Å². The molecule has 2 amide bonds. The molecule has 3 aromatic carbocycles. The number of piperazine rings is 1. The molecule has 1 aliphatic carbocycles. The molecule has 2 heterocycles. The summed E-state index contributed by atoms with van der Waals surface area (Å²) >= 11 is 0. The second-order valence-corrected chi connectivity index (χ2v) is 12.5. The summed E-state index contributed by atoms with van der Waals surface area (Å²) in [4.78, 5) is 30.0. The van der Waals surface area contributed by atoms with Crippen molar-refractivity contribution >= 4 is 17.6 Å². The van der Waals surface area contributed by atoms with E-state index in [4.69, 9.17) is 9.47 Å². The molecule has 11 heteroatoms. The van der Waals surface area contributed by atoms with Crippen LogP contribution in [0.2, 0.25) is 0 Å². The van der Waals surface area contributed by atoms with Gasteiger partial charge in [0.1, 0.15) is 5.75 Å². The maximum atomic E-state index is 14.5. The van der Waals surface area contributed by atoms with E-state index in [-0.39, 0.29) is 31.3 Å². The highest BCUT2D eigenvalue weighted by atomic mass is 19.2. The lowest BCUT2D eigenvalue weighted by Gasteiger charge is -2.47. The Morgan fingerprint density at radius 2 is 1.70 bits per heavy atom. The third-order valence-electron chi connectivity index (χ3n) is 9.25. The van der Waals surface area contributed by atoms with E-state index in [0.29, 0.717) is 49.7 Å². The summed E-state index contributed by atoms with van der Waals surface area (Å²) in [7, 11) is 0. The van der Waals surface area contributed by atoms with Gasteiger partial charge in [0, 0.05) is 24.7 Å². The molecule has 2 N–H and O–H groups in total. The average Bonchev–Trinajstić information content (AvgIpc) is 3.89. The Hall–Kier alpha value is -4.51. The van der Waals surface area contributed by atoms with E-state index in [9.17, 15) is 27.9 Å². The second-order valence-electron chi connectivity index (χ2n) is 12.5. The predicted octanol–water partition coefficient (Wildman–Crippen LogP) is 6.24. The highest BCUT2D eigenvalue weighted by Crippen LogP contribution is 2.39. The molecule has 0 radical (unpaired) electrons. The van der Waals surface area contributed by atoms with Crippen LogP contribution in [0.4, 0.5) is 18.0 Å². The van der Waals surface area contributed by atoms with Crippen molar-refractivity contribution in [3.8, 4) is 11.5 Å². The lowest BCUT2D eigenvalue weighted by molar-refractivity contribution is -0.131. The Labute approximate surface area is 271 Å². The molecule has 1 saturated heterocycles. The van der Waals surface area contributed by atoms with Gasteiger partial charge in [-0.1, -0.05) is 30.3 Å². The molecule has 2 fully saturated rings. The van der Waals surface area contributed by atoms with Gasteiger partial charge in [-0.15, -0.1) is 0 Å². The van der Waals surface area contributed by atoms with Crippen LogP contribution < -0.4 is 14.8 Å². The largest absolute Gasteiger partial charge is 0.488 e. The molecule has 248 valence electrons. The number of hydrogen-bond acceptors (Lipinski definition) is 5. The molecule has 3 aromatic rings. The number of carboxylic acid groups (broad SMARTS) is 1. The molecule has 6 rings (SSSR count). The number of carbonyl (C=O) groups excluding carboxylic acids is 1. The van der Waals surface area contributed by atoms with Crippen molar-refractivity contribution in [1.82, 2.24) is 15.1 Å². The smallest absolute Gasteiger partial charge is 0.408 e. The summed E-state index contributed by atoms with van der Waals surface area (Å²) in [5.74, 6) is -3.76. The number of hydrogen-bond donors (Lipinski definition) is 2. The fourth-order valence-electron chi connectivity index (χ4n) is 6.41. The minimum Gasteiger partial charge on any atom is -0.488 e. The van der Waals surface area contributed by atoms with Gasteiger partial charge in [-0.25, -0.2) is 13.6 Å². The lowest BCUT2D eigenvalue weighted by atomic mass is 9.81. The van der Waals surface area contributed by atoms with Crippen LogP contribution in [-0.2, 0) is 11.2 Å². The highest BCUT2D eigenvalue weighted by Gasteiger charge is 2.46. The van der Waals surface area contributed by atoms with Crippen molar-refractivity contribution in [2.24, 2.45) is 0 Å². The number of nitrogens with zero attached hydrogens (tertiary/aromatic N) is 2. The zero-order valence-electron chi connectivity index (χ0n) is 26.4. The van der Waals surface area contributed by atoms with Crippen LogP contribution in [0.25, 0.3) is 5.57 Å². The molecule has 1 saturated carbocycles. The Morgan fingerprint density at radius 3 is 2.40 bits per heavy atom. The first kappa shape index (κ1) is 32.4. The van der Waals surface area contributed by atoms with Crippen molar-refractivity contribution < 1.29 is 37.3 Å². The minimum atomic E-state index is -1.35. The number of halogens is 3. The molecule has 2 aliphatic heterocycles. The first-order valence-electron chi connectivity index (χ1n) is 15.9. The summed E-state index contributed by atoms with van der Waals surface area (Å²) < 4.78 is 52.6. The maximum Gasteiger partial charge on any atom is 0.408 e. The highest BCUT2D eigenvalue weighted by molar-refractivity contribution is 6.04. The van der Waals surface area contributed by atoms with E-state index < -0.39 is 35.3 Å². The number of ether oxygens (including phenoxy) is 2. The number of benzene rings is 3. The lowest BCUT2D eigenvalue weighted by Crippen LogP contribution is -2.63. The third kappa shape index (κ3) is 6.95. The van der Waals surface area contributed by atoms with Crippen LogP contribution in [0.3, 0.4) is 0 Å².